The minimum Gasteiger partial charge on any atom is -0.359 e. The second kappa shape index (κ2) is 25.1. The quantitative estimate of drug-likeness (QED) is 0.119. The van der Waals surface area contributed by atoms with Crippen molar-refractivity contribution < 1.29 is 60.3 Å². The molecule has 0 aliphatic carbocycles. The molecular formula is C34H37F5N6O8S. The predicted molar refractivity (Wildman–Crippen MR) is 189 cm³/mol. The van der Waals surface area contributed by atoms with E-state index >= 15 is 0 Å². The standard InChI is InChI=1S/C9H10FNO.C7H4FNO3.C6H7FN2O.C6H8FNO2.C6H8FNOS/c1-4-6-11(7-5-2)9(12)8(3)10;1-4(8)7(12)9-5(10)2-3-6(9)11;1-5(7)6(10)9-3-2-8-4-9;2*1-5(7)6(9)8-2-3-10-4-8/h1,5H,2-3,6-7H2;2-3H,1H2;4H,1-3H2;2*1-4H2. The second-order valence-electron chi connectivity index (χ2n) is 10.1. The van der Waals surface area contributed by atoms with E-state index in [1.807, 2.05) is 0 Å². The Morgan fingerprint density at radius 2 is 1.37 bits per heavy atom. The van der Waals surface area contributed by atoms with Crippen LogP contribution in [0.2, 0.25) is 0 Å². The number of nitrogens with zero attached hydrogens (tertiary/aromatic N) is 6. The molecule has 0 spiro atoms. The van der Waals surface area contributed by atoms with Crippen molar-refractivity contribution in [3.63, 3.8) is 0 Å². The number of imide groups is 3. The molecule has 0 aromatic rings. The zero-order valence-corrected chi connectivity index (χ0v) is 29.8. The molecule has 4 aliphatic rings. The summed E-state index contributed by atoms with van der Waals surface area (Å²) in [6.07, 6.45) is 9.55. The molecule has 2 saturated heterocycles. The number of halogens is 5. The van der Waals surface area contributed by atoms with Crippen LogP contribution in [-0.4, -0.2) is 136 Å². The Morgan fingerprint density at radius 1 is 0.833 bits per heavy atom. The summed E-state index contributed by atoms with van der Waals surface area (Å²) in [6.45, 7) is 20.7. The Bertz CT molecular complexity index is 1580. The third-order valence-electron chi connectivity index (χ3n) is 6.12. The highest BCUT2D eigenvalue weighted by atomic mass is 32.2. The molecule has 14 nitrogen and oxygen atoms in total. The molecule has 0 saturated carbocycles. The molecular weight excluding hydrogens is 747 g/mol. The van der Waals surface area contributed by atoms with Crippen molar-refractivity contribution in [1.82, 2.24) is 24.5 Å². The summed E-state index contributed by atoms with van der Waals surface area (Å²) in [6, 6.07) is 0. The molecule has 20 heteroatoms. The smallest absolute Gasteiger partial charge is 0.295 e. The van der Waals surface area contributed by atoms with E-state index < -0.39 is 70.5 Å². The van der Waals surface area contributed by atoms with Gasteiger partial charge in [-0.2, -0.15) is 0 Å². The van der Waals surface area contributed by atoms with E-state index in [1.54, 1.807) is 11.8 Å². The van der Waals surface area contributed by atoms with Crippen LogP contribution in [0.4, 0.5) is 22.0 Å². The maximum Gasteiger partial charge on any atom is 0.295 e. The number of hydrogen-bond acceptors (Lipinski definition) is 10. The number of carbonyl (C=O) groups is 7. The van der Waals surface area contributed by atoms with Crippen molar-refractivity contribution in [2.24, 2.45) is 4.99 Å². The van der Waals surface area contributed by atoms with Gasteiger partial charge in [-0.15, -0.1) is 24.8 Å². The van der Waals surface area contributed by atoms with Crippen molar-refractivity contribution in [2.45, 2.75) is 0 Å². The van der Waals surface area contributed by atoms with Crippen molar-refractivity contribution in [3.8, 4) is 12.3 Å². The van der Waals surface area contributed by atoms with E-state index in [-0.39, 0.29) is 24.7 Å². The molecule has 0 aromatic carbocycles. The number of terminal acetylenes is 1. The molecule has 4 rings (SSSR count). The summed E-state index contributed by atoms with van der Waals surface area (Å²) in [5.41, 5.74) is 0. The highest BCUT2D eigenvalue weighted by Crippen LogP contribution is 2.15. The highest BCUT2D eigenvalue weighted by molar-refractivity contribution is 7.99. The van der Waals surface area contributed by atoms with E-state index in [2.05, 4.69) is 50.4 Å². The molecule has 292 valence electrons. The van der Waals surface area contributed by atoms with Crippen molar-refractivity contribution in [2.75, 3.05) is 64.2 Å². The zero-order valence-electron chi connectivity index (χ0n) is 28.9. The highest BCUT2D eigenvalue weighted by Gasteiger charge is 2.31. The summed E-state index contributed by atoms with van der Waals surface area (Å²) in [5, 5.41) is 0. The fraction of sp³-hybridized carbons (Fsp3) is 0.294. The topological polar surface area (TPSA) is 157 Å². The SMILES string of the molecule is C#CCN(CC=C)C(=O)C(=C)F.C=C(F)C(=O)N1C(=O)C=CC1=O.C=C(F)C(=O)N1C=NCC1.C=C(F)C(=O)N1CCOC1.C=C(F)C(=O)N1CCSC1. The van der Waals surface area contributed by atoms with Crippen LogP contribution < -0.4 is 0 Å². The van der Waals surface area contributed by atoms with Crippen molar-refractivity contribution in [3.05, 3.63) is 86.8 Å². The average Bonchev–Trinajstić information content (AvgIpc) is 3.97. The van der Waals surface area contributed by atoms with Gasteiger partial charge in [-0.3, -0.25) is 43.5 Å². The van der Waals surface area contributed by atoms with Gasteiger partial charge in [0.1, 0.15) is 6.73 Å². The normalized spacial score (nSPS) is 14.7. The van der Waals surface area contributed by atoms with Crippen LogP contribution in [0, 0.1) is 12.3 Å². The molecule has 0 N–H and O–H groups in total. The minimum absolute atomic E-state index is 0.0633. The number of carbonyl (C=O) groups excluding carboxylic acids is 7. The number of hydrogen-bond donors (Lipinski definition) is 0. The fourth-order valence-corrected chi connectivity index (χ4v) is 4.50. The van der Waals surface area contributed by atoms with Gasteiger partial charge in [0, 0.05) is 44.1 Å². The summed E-state index contributed by atoms with van der Waals surface area (Å²) in [5.74, 6) is -7.03. The molecule has 7 amide bonds. The van der Waals surface area contributed by atoms with E-state index in [4.69, 9.17) is 11.2 Å². The molecule has 2 fully saturated rings. The molecule has 0 atom stereocenters. The molecule has 0 radical (unpaired) electrons. The van der Waals surface area contributed by atoms with Gasteiger partial charge in [-0.1, -0.05) is 44.9 Å². The Morgan fingerprint density at radius 3 is 1.74 bits per heavy atom. The first-order valence-corrected chi connectivity index (χ1v) is 16.2. The van der Waals surface area contributed by atoms with Gasteiger partial charge in [0.25, 0.3) is 41.4 Å². The lowest BCUT2D eigenvalue weighted by atomic mass is 10.4. The molecule has 0 aromatic heterocycles. The van der Waals surface area contributed by atoms with Crippen molar-refractivity contribution >= 4 is 59.5 Å². The van der Waals surface area contributed by atoms with Crippen LogP contribution in [0.5, 0.6) is 0 Å². The van der Waals surface area contributed by atoms with Gasteiger partial charge in [0.15, 0.2) is 29.1 Å². The summed E-state index contributed by atoms with van der Waals surface area (Å²) < 4.78 is 65.7. The molecule has 4 heterocycles. The van der Waals surface area contributed by atoms with Crippen LogP contribution >= 0.6 is 11.8 Å². The van der Waals surface area contributed by atoms with Crippen LogP contribution in [0.25, 0.3) is 0 Å². The maximum atomic E-state index is 12.3. The number of aliphatic imine (C=N–C) groups is 1. The van der Waals surface area contributed by atoms with Crippen LogP contribution in [0.15, 0.2) is 91.8 Å². The lowest BCUT2D eigenvalue weighted by Gasteiger charge is -2.16. The number of rotatable bonds is 8. The third-order valence-corrected chi connectivity index (χ3v) is 7.09. The van der Waals surface area contributed by atoms with E-state index in [0.29, 0.717) is 38.7 Å². The minimum atomic E-state index is -1.33. The van der Waals surface area contributed by atoms with E-state index in [9.17, 15) is 55.5 Å². The Kier molecular flexibility index (Phi) is 22.3. The largest absolute Gasteiger partial charge is 0.359 e. The number of ether oxygens (including phenoxy) is 1. The Balaban J connectivity index is 0.000000652. The Hall–Kier alpha value is -5.94. The summed E-state index contributed by atoms with van der Waals surface area (Å²) >= 11 is 1.63. The Labute approximate surface area is 312 Å². The first kappa shape index (κ1) is 48.1. The number of amides is 7. The van der Waals surface area contributed by atoms with Crippen LogP contribution in [0.3, 0.4) is 0 Å². The van der Waals surface area contributed by atoms with Gasteiger partial charge in [0.2, 0.25) is 0 Å². The van der Waals surface area contributed by atoms with Gasteiger partial charge in [0.05, 0.1) is 31.9 Å². The first-order chi connectivity index (χ1) is 25.3. The van der Waals surface area contributed by atoms with Gasteiger partial charge < -0.3 is 19.4 Å². The molecule has 4 aliphatic heterocycles. The average molecular weight is 785 g/mol. The van der Waals surface area contributed by atoms with E-state index in [1.165, 1.54) is 27.1 Å². The van der Waals surface area contributed by atoms with Crippen LogP contribution in [-0.2, 0) is 38.3 Å². The van der Waals surface area contributed by atoms with Crippen molar-refractivity contribution in [1.29, 1.82) is 0 Å². The molecule has 0 bridgehead atoms. The lowest BCUT2D eigenvalue weighted by Crippen LogP contribution is -2.36. The fourth-order valence-electron chi connectivity index (χ4n) is 3.56. The second-order valence-corrected chi connectivity index (χ2v) is 11.2. The van der Waals surface area contributed by atoms with Crippen LogP contribution in [0.1, 0.15) is 0 Å². The summed E-state index contributed by atoms with van der Waals surface area (Å²) in [4.78, 5) is 84.3. The lowest BCUT2D eigenvalue weighted by molar-refractivity contribution is -0.147. The van der Waals surface area contributed by atoms with E-state index in [0.717, 1.165) is 22.8 Å². The first-order valence-electron chi connectivity index (χ1n) is 15.0. The predicted octanol–water partition coefficient (Wildman–Crippen LogP) is 2.67. The monoisotopic (exact) mass is 784 g/mol. The van der Waals surface area contributed by atoms with Gasteiger partial charge >= 0.3 is 0 Å². The third kappa shape index (κ3) is 17.1. The summed E-state index contributed by atoms with van der Waals surface area (Å²) in [7, 11) is 0. The maximum absolute atomic E-state index is 12.3. The zero-order chi connectivity index (χ0) is 41.5. The van der Waals surface area contributed by atoms with Gasteiger partial charge in [-0.25, -0.2) is 26.9 Å². The van der Waals surface area contributed by atoms with Gasteiger partial charge in [-0.05, 0) is 0 Å². The molecule has 0 unspecified atom stereocenters. The number of thioether (sulfide) groups is 1. The molecule has 54 heavy (non-hydrogen) atoms.